The number of amides is 4. The van der Waals surface area contributed by atoms with Crippen molar-refractivity contribution < 1.29 is 28.8 Å². The summed E-state index contributed by atoms with van der Waals surface area (Å²) in [6.45, 7) is 6.70. The third kappa shape index (κ3) is 8.80. The van der Waals surface area contributed by atoms with Crippen LogP contribution in [0, 0.1) is 5.41 Å². The molecule has 0 saturated carbocycles. The number of amidine groups is 1. The zero-order valence-electron chi connectivity index (χ0n) is 20.8. The van der Waals surface area contributed by atoms with Crippen molar-refractivity contribution in [2.24, 2.45) is 16.3 Å². The van der Waals surface area contributed by atoms with Gasteiger partial charge < -0.3 is 30.9 Å². The van der Waals surface area contributed by atoms with E-state index in [2.05, 4.69) is 15.8 Å². The highest BCUT2D eigenvalue weighted by atomic mass is 16.7. The predicted molar refractivity (Wildman–Crippen MR) is 130 cm³/mol. The van der Waals surface area contributed by atoms with E-state index in [1.165, 1.54) is 19.0 Å². The average molecular weight is 491 g/mol. The monoisotopic (exact) mass is 490 g/mol. The SMILES string of the molecule is CN(C)C(=O)ON=C(N)c1ccc(N2CCC(NC(=O)NCCC(=O)OCC(C)(C)C)C2=O)cc1. The number of esters is 1. The Balaban J connectivity index is 1.82. The van der Waals surface area contributed by atoms with Crippen molar-refractivity contribution >= 4 is 35.5 Å². The number of nitrogens with two attached hydrogens (primary N) is 1. The molecule has 4 N–H and O–H groups in total. The van der Waals surface area contributed by atoms with E-state index in [1.54, 1.807) is 29.2 Å². The van der Waals surface area contributed by atoms with Gasteiger partial charge in [0.25, 0.3) is 0 Å². The van der Waals surface area contributed by atoms with Gasteiger partial charge in [-0.2, -0.15) is 0 Å². The van der Waals surface area contributed by atoms with Crippen LogP contribution in [0.5, 0.6) is 0 Å². The van der Waals surface area contributed by atoms with Gasteiger partial charge >= 0.3 is 18.1 Å². The van der Waals surface area contributed by atoms with Gasteiger partial charge in [-0.1, -0.05) is 25.9 Å². The molecule has 1 fully saturated rings. The van der Waals surface area contributed by atoms with E-state index in [4.69, 9.17) is 15.3 Å². The molecule has 1 aliphatic rings. The molecule has 1 unspecified atom stereocenters. The summed E-state index contributed by atoms with van der Waals surface area (Å²) < 4.78 is 5.15. The Morgan fingerprint density at radius 3 is 2.46 bits per heavy atom. The molecule has 1 aromatic carbocycles. The number of urea groups is 1. The van der Waals surface area contributed by atoms with E-state index in [1.807, 2.05) is 20.8 Å². The number of oxime groups is 1. The van der Waals surface area contributed by atoms with Gasteiger partial charge in [0.15, 0.2) is 5.84 Å². The second-order valence-corrected chi connectivity index (χ2v) is 9.48. The van der Waals surface area contributed by atoms with Crippen molar-refractivity contribution in [3.05, 3.63) is 29.8 Å². The van der Waals surface area contributed by atoms with E-state index in [9.17, 15) is 19.2 Å². The van der Waals surface area contributed by atoms with Crippen molar-refractivity contribution in [1.82, 2.24) is 15.5 Å². The summed E-state index contributed by atoms with van der Waals surface area (Å²) in [4.78, 5) is 55.5. The van der Waals surface area contributed by atoms with Crippen molar-refractivity contribution in [1.29, 1.82) is 0 Å². The smallest absolute Gasteiger partial charge is 0.435 e. The Hall–Kier alpha value is -3.83. The molecule has 12 nitrogen and oxygen atoms in total. The maximum Gasteiger partial charge on any atom is 0.435 e. The quantitative estimate of drug-likeness (QED) is 0.163. The van der Waals surface area contributed by atoms with Crippen LogP contribution >= 0.6 is 0 Å². The van der Waals surface area contributed by atoms with Crippen molar-refractivity contribution in [3.8, 4) is 0 Å². The Bertz CT molecular complexity index is 954. The summed E-state index contributed by atoms with van der Waals surface area (Å²) in [6, 6.07) is 5.47. The van der Waals surface area contributed by atoms with Crippen LogP contribution in [0.15, 0.2) is 29.4 Å². The minimum absolute atomic E-state index is 0.0120. The lowest BCUT2D eigenvalue weighted by Gasteiger charge is -2.18. The molecule has 0 aromatic heterocycles. The summed E-state index contributed by atoms with van der Waals surface area (Å²) in [6.07, 6.45) is -0.178. The molecular formula is C23H34N6O6. The van der Waals surface area contributed by atoms with Crippen LogP contribution in [0.1, 0.15) is 39.2 Å². The van der Waals surface area contributed by atoms with Crippen LogP contribution in [0.25, 0.3) is 0 Å². The van der Waals surface area contributed by atoms with E-state index in [0.717, 1.165) is 0 Å². The fourth-order valence-electron chi connectivity index (χ4n) is 2.96. The summed E-state index contributed by atoms with van der Waals surface area (Å²) in [7, 11) is 3.04. The van der Waals surface area contributed by atoms with E-state index in [0.29, 0.717) is 30.8 Å². The summed E-state index contributed by atoms with van der Waals surface area (Å²) >= 11 is 0. The summed E-state index contributed by atoms with van der Waals surface area (Å²) in [5, 5.41) is 8.81. The molecule has 12 heteroatoms. The van der Waals surface area contributed by atoms with Gasteiger partial charge in [-0.15, -0.1) is 0 Å². The van der Waals surface area contributed by atoms with Crippen molar-refractivity contribution in [2.45, 2.75) is 39.7 Å². The Labute approximate surface area is 204 Å². The van der Waals surface area contributed by atoms with Crippen LogP contribution in [-0.2, 0) is 19.2 Å². The molecule has 35 heavy (non-hydrogen) atoms. The van der Waals surface area contributed by atoms with Crippen LogP contribution in [0.2, 0.25) is 0 Å². The Morgan fingerprint density at radius 2 is 1.86 bits per heavy atom. The van der Waals surface area contributed by atoms with Gasteiger partial charge in [0.1, 0.15) is 6.04 Å². The van der Waals surface area contributed by atoms with E-state index >= 15 is 0 Å². The molecule has 1 atom stereocenters. The topological polar surface area (TPSA) is 156 Å². The van der Waals surface area contributed by atoms with E-state index in [-0.39, 0.29) is 30.1 Å². The van der Waals surface area contributed by atoms with Crippen molar-refractivity contribution in [3.63, 3.8) is 0 Å². The number of benzene rings is 1. The molecule has 1 saturated heterocycles. The first-order valence-electron chi connectivity index (χ1n) is 11.2. The summed E-state index contributed by atoms with van der Waals surface area (Å²) in [5.74, 6) is -0.634. The second-order valence-electron chi connectivity index (χ2n) is 9.48. The number of carbonyl (C=O) groups is 4. The zero-order valence-corrected chi connectivity index (χ0v) is 20.8. The van der Waals surface area contributed by atoms with Gasteiger partial charge in [-0.25, -0.2) is 9.59 Å². The Kier molecular flexibility index (Phi) is 9.43. The van der Waals surface area contributed by atoms with Gasteiger partial charge in [0.2, 0.25) is 5.91 Å². The lowest BCUT2D eigenvalue weighted by atomic mass is 9.99. The molecule has 0 spiro atoms. The second kappa shape index (κ2) is 12.0. The lowest BCUT2D eigenvalue weighted by Crippen LogP contribution is -2.46. The van der Waals surface area contributed by atoms with Gasteiger partial charge in [0, 0.05) is 38.4 Å². The van der Waals surface area contributed by atoms with Crippen molar-refractivity contribution in [2.75, 3.05) is 38.7 Å². The number of hydrogen-bond acceptors (Lipinski definition) is 7. The number of hydrogen-bond donors (Lipinski definition) is 3. The highest BCUT2D eigenvalue weighted by molar-refractivity contribution is 6.02. The van der Waals surface area contributed by atoms with E-state index < -0.39 is 24.1 Å². The molecule has 2 rings (SSSR count). The Morgan fingerprint density at radius 1 is 1.20 bits per heavy atom. The summed E-state index contributed by atoms with van der Waals surface area (Å²) in [5.41, 5.74) is 6.85. The highest BCUT2D eigenvalue weighted by Gasteiger charge is 2.33. The highest BCUT2D eigenvalue weighted by Crippen LogP contribution is 2.22. The van der Waals surface area contributed by atoms with Gasteiger partial charge in [-0.05, 0) is 36.1 Å². The average Bonchev–Trinajstić information content (AvgIpc) is 3.15. The standard InChI is InChI=1S/C23H34N6O6/c1-23(2,3)14-34-18(30)10-12-25-21(32)26-17-11-13-29(20(17)31)16-8-6-15(7-9-16)19(24)27-35-22(33)28(4)5/h6-9,17H,10-14H2,1-5H3,(H2,24,27)(H2,25,26,32). The number of nitrogens with one attached hydrogen (secondary N) is 2. The minimum atomic E-state index is -0.681. The third-order valence-electron chi connectivity index (χ3n) is 4.85. The number of nitrogens with zero attached hydrogens (tertiary/aromatic N) is 3. The first kappa shape index (κ1) is 27.4. The number of carbonyl (C=O) groups excluding carboxylic acids is 4. The molecule has 0 bridgehead atoms. The van der Waals surface area contributed by atoms with Gasteiger partial charge in [0.05, 0.1) is 13.0 Å². The molecule has 0 radical (unpaired) electrons. The molecule has 4 amide bonds. The van der Waals surface area contributed by atoms with Crippen LogP contribution in [0.4, 0.5) is 15.3 Å². The molecule has 0 aliphatic carbocycles. The molecule has 1 aromatic rings. The largest absolute Gasteiger partial charge is 0.465 e. The molecular weight excluding hydrogens is 456 g/mol. The fourth-order valence-corrected chi connectivity index (χ4v) is 2.96. The first-order chi connectivity index (χ1) is 16.4. The molecule has 1 heterocycles. The predicted octanol–water partition coefficient (Wildman–Crippen LogP) is 1.39. The van der Waals surface area contributed by atoms with Crippen LogP contribution in [0.3, 0.4) is 0 Å². The molecule has 1 aliphatic heterocycles. The normalized spacial score (nSPS) is 16.0. The zero-order chi connectivity index (χ0) is 26.2. The number of rotatable bonds is 8. The number of ether oxygens (including phenoxy) is 1. The fraction of sp³-hybridized carbons (Fsp3) is 0.522. The van der Waals surface area contributed by atoms with Crippen LogP contribution in [-0.4, -0.2) is 74.6 Å². The molecule has 192 valence electrons. The maximum absolute atomic E-state index is 12.8. The number of anilines is 1. The maximum atomic E-state index is 12.8. The first-order valence-corrected chi connectivity index (χ1v) is 11.2. The lowest BCUT2D eigenvalue weighted by molar-refractivity contribution is -0.146. The van der Waals surface area contributed by atoms with Gasteiger partial charge in [-0.3, -0.25) is 14.4 Å². The van der Waals surface area contributed by atoms with Crippen LogP contribution < -0.4 is 21.3 Å². The third-order valence-corrected chi connectivity index (χ3v) is 4.85. The minimum Gasteiger partial charge on any atom is -0.465 e.